The van der Waals surface area contributed by atoms with E-state index in [0.29, 0.717) is 0 Å². The molecule has 1 aromatic heterocycles. The van der Waals surface area contributed by atoms with Gasteiger partial charge in [-0.25, -0.2) is 0 Å². The lowest BCUT2D eigenvalue weighted by atomic mass is 9.80. The second-order valence-corrected chi connectivity index (χ2v) is 14.4. The third kappa shape index (κ3) is 3.79. The SMILES string of the molecule is CC1(C)c2ccccc2-c2ccc3c(c21)N(c1ccccc1)c1ccc(-c2cccc4c2sc2ccccc24)cc1N3c1ccccc1. The van der Waals surface area contributed by atoms with Crippen LogP contribution in [0.2, 0.25) is 0 Å². The molecule has 48 heavy (non-hydrogen) atoms. The van der Waals surface area contributed by atoms with Crippen molar-refractivity contribution in [2.45, 2.75) is 19.3 Å². The van der Waals surface area contributed by atoms with Gasteiger partial charge in [-0.05, 0) is 81.9 Å². The Balaban J connectivity index is 1.28. The minimum atomic E-state index is -0.180. The van der Waals surface area contributed by atoms with Crippen LogP contribution in [0.5, 0.6) is 0 Å². The molecule has 7 aromatic carbocycles. The Morgan fingerprint density at radius 1 is 0.479 bits per heavy atom. The summed E-state index contributed by atoms with van der Waals surface area (Å²) in [5.41, 5.74) is 14.8. The van der Waals surface area contributed by atoms with E-state index in [1.807, 2.05) is 11.3 Å². The van der Waals surface area contributed by atoms with Crippen LogP contribution >= 0.6 is 11.3 Å². The fourth-order valence-electron chi connectivity index (χ4n) is 8.23. The Morgan fingerprint density at radius 2 is 1.12 bits per heavy atom. The van der Waals surface area contributed by atoms with Gasteiger partial charge in [0.05, 0.1) is 22.7 Å². The maximum atomic E-state index is 2.51. The van der Waals surface area contributed by atoms with E-state index in [-0.39, 0.29) is 5.41 Å². The van der Waals surface area contributed by atoms with E-state index in [1.165, 1.54) is 76.3 Å². The predicted molar refractivity (Wildman–Crippen MR) is 205 cm³/mol. The fraction of sp³-hybridized carbons (Fsp3) is 0.0667. The molecule has 8 aromatic rings. The Morgan fingerprint density at radius 3 is 1.94 bits per heavy atom. The summed E-state index contributed by atoms with van der Waals surface area (Å²) in [6, 6.07) is 58.0. The van der Waals surface area contributed by atoms with Crippen molar-refractivity contribution in [3.63, 3.8) is 0 Å². The van der Waals surface area contributed by atoms with E-state index in [1.54, 1.807) is 0 Å². The Bertz CT molecular complexity index is 2550. The summed E-state index contributed by atoms with van der Waals surface area (Å²) >= 11 is 1.89. The van der Waals surface area contributed by atoms with E-state index < -0.39 is 0 Å². The maximum absolute atomic E-state index is 2.51. The number of rotatable bonds is 3. The zero-order valence-corrected chi connectivity index (χ0v) is 27.6. The second-order valence-electron chi connectivity index (χ2n) is 13.4. The average Bonchev–Trinajstić information content (AvgIpc) is 3.63. The number of fused-ring (bicyclic) bond motifs is 9. The summed E-state index contributed by atoms with van der Waals surface area (Å²) < 4.78 is 2.66. The highest BCUT2D eigenvalue weighted by atomic mass is 32.1. The zero-order chi connectivity index (χ0) is 32.0. The number of hydrogen-bond donors (Lipinski definition) is 0. The van der Waals surface area contributed by atoms with Gasteiger partial charge in [-0.2, -0.15) is 0 Å². The van der Waals surface area contributed by atoms with Crippen molar-refractivity contribution in [2.75, 3.05) is 9.80 Å². The van der Waals surface area contributed by atoms with Crippen LogP contribution in [0.25, 0.3) is 42.4 Å². The number of anilines is 6. The highest BCUT2D eigenvalue weighted by molar-refractivity contribution is 7.26. The topological polar surface area (TPSA) is 6.48 Å². The Labute approximate surface area is 284 Å². The van der Waals surface area contributed by atoms with E-state index in [0.717, 1.165) is 11.4 Å². The molecule has 0 atom stereocenters. The molecule has 0 fully saturated rings. The molecule has 2 heterocycles. The molecular weight excluding hydrogens is 601 g/mol. The van der Waals surface area contributed by atoms with Gasteiger partial charge < -0.3 is 9.80 Å². The fourth-order valence-corrected chi connectivity index (χ4v) is 9.46. The number of para-hydroxylation sites is 2. The summed E-state index contributed by atoms with van der Waals surface area (Å²) in [4.78, 5) is 5.00. The van der Waals surface area contributed by atoms with Crippen LogP contribution in [-0.4, -0.2) is 0 Å². The third-order valence-electron chi connectivity index (χ3n) is 10.3. The quantitative estimate of drug-likeness (QED) is 0.191. The van der Waals surface area contributed by atoms with Crippen molar-refractivity contribution in [3.05, 3.63) is 169 Å². The van der Waals surface area contributed by atoms with Gasteiger partial charge in [0.25, 0.3) is 0 Å². The van der Waals surface area contributed by atoms with Crippen LogP contribution < -0.4 is 9.80 Å². The van der Waals surface area contributed by atoms with E-state index in [9.17, 15) is 0 Å². The lowest BCUT2D eigenvalue weighted by Gasteiger charge is -2.43. The summed E-state index contributed by atoms with van der Waals surface area (Å²) in [6.07, 6.45) is 0. The molecule has 0 bridgehead atoms. The molecule has 0 amide bonds. The van der Waals surface area contributed by atoms with Crippen molar-refractivity contribution in [1.29, 1.82) is 0 Å². The number of hydrogen-bond acceptors (Lipinski definition) is 3. The Kier molecular flexibility index (Phi) is 5.82. The standard InChI is InChI=1S/C45H32N2S/c1-45(2)37-22-11-9-18-33(37)35-25-27-39-43(42(35)45)47(31-16-7-4-8-17-31)38-26-24-29(28-40(38)46(39)30-14-5-3-6-15-30)32-20-13-21-36-34-19-10-12-23-41(34)48-44(32)36/h3-28H,1-2H3. The van der Waals surface area contributed by atoms with E-state index in [2.05, 4.69) is 181 Å². The molecule has 228 valence electrons. The highest BCUT2D eigenvalue weighted by Gasteiger charge is 2.43. The molecule has 0 radical (unpaired) electrons. The maximum Gasteiger partial charge on any atom is 0.0750 e. The van der Waals surface area contributed by atoms with Gasteiger partial charge in [0.2, 0.25) is 0 Å². The van der Waals surface area contributed by atoms with Crippen molar-refractivity contribution in [2.24, 2.45) is 0 Å². The van der Waals surface area contributed by atoms with Crippen molar-refractivity contribution in [1.82, 2.24) is 0 Å². The summed E-state index contributed by atoms with van der Waals surface area (Å²) in [7, 11) is 0. The van der Waals surface area contributed by atoms with Crippen LogP contribution in [0.15, 0.2) is 158 Å². The molecular formula is C45H32N2S. The van der Waals surface area contributed by atoms with Crippen molar-refractivity contribution in [3.8, 4) is 22.3 Å². The summed E-state index contributed by atoms with van der Waals surface area (Å²) in [5.74, 6) is 0. The van der Waals surface area contributed by atoms with Gasteiger partial charge in [0, 0.05) is 37.0 Å². The largest absolute Gasteiger partial charge is 0.306 e. The number of nitrogens with zero attached hydrogens (tertiary/aromatic N) is 2. The predicted octanol–water partition coefficient (Wildman–Crippen LogP) is 13.3. The molecule has 0 unspecified atom stereocenters. The molecule has 1 aliphatic heterocycles. The normalized spacial score (nSPS) is 14.1. The molecule has 10 rings (SSSR count). The summed E-state index contributed by atoms with van der Waals surface area (Å²) in [5, 5.41) is 2.64. The van der Waals surface area contributed by atoms with Crippen molar-refractivity contribution < 1.29 is 0 Å². The smallest absolute Gasteiger partial charge is 0.0750 e. The molecule has 3 heteroatoms. The average molecular weight is 633 g/mol. The molecule has 0 saturated carbocycles. The zero-order valence-electron chi connectivity index (χ0n) is 26.8. The molecule has 1 aliphatic carbocycles. The van der Waals surface area contributed by atoms with E-state index >= 15 is 0 Å². The van der Waals surface area contributed by atoms with Gasteiger partial charge in [0.1, 0.15) is 0 Å². The van der Waals surface area contributed by atoms with Gasteiger partial charge in [0.15, 0.2) is 0 Å². The third-order valence-corrected chi connectivity index (χ3v) is 11.6. The monoisotopic (exact) mass is 632 g/mol. The molecule has 2 nitrogen and oxygen atoms in total. The number of benzene rings is 7. The van der Waals surface area contributed by atoms with Crippen LogP contribution in [0.1, 0.15) is 25.0 Å². The molecule has 0 N–H and O–H groups in total. The first-order valence-corrected chi connectivity index (χ1v) is 17.4. The summed E-state index contributed by atoms with van der Waals surface area (Å²) in [6.45, 7) is 4.77. The lowest BCUT2D eigenvalue weighted by molar-refractivity contribution is 0.660. The molecule has 0 saturated heterocycles. The van der Waals surface area contributed by atoms with Gasteiger partial charge in [-0.1, -0.05) is 123 Å². The minimum Gasteiger partial charge on any atom is -0.306 e. The van der Waals surface area contributed by atoms with Gasteiger partial charge in [-0.15, -0.1) is 11.3 Å². The number of thiophene rings is 1. The first-order valence-electron chi connectivity index (χ1n) is 16.6. The van der Waals surface area contributed by atoms with E-state index in [4.69, 9.17) is 0 Å². The highest BCUT2D eigenvalue weighted by Crippen LogP contribution is 2.62. The molecule has 2 aliphatic rings. The van der Waals surface area contributed by atoms with Crippen LogP contribution in [0.4, 0.5) is 34.1 Å². The molecule has 0 spiro atoms. The Hall–Kier alpha value is -5.64. The van der Waals surface area contributed by atoms with Gasteiger partial charge >= 0.3 is 0 Å². The second kappa shape index (κ2) is 10.2. The first kappa shape index (κ1) is 27.5. The first-order chi connectivity index (χ1) is 23.6. The van der Waals surface area contributed by atoms with Crippen LogP contribution in [0.3, 0.4) is 0 Å². The lowest BCUT2D eigenvalue weighted by Crippen LogP contribution is -2.28. The van der Waals surface area contributed by atoms with Crippen LogP contribution in [0, 0.1) is 0 Å². The van der Waals surface area contributed by atoms with Crippen molar-refractivity contribution >= 4 is 65.6 Å². The minimum absolute atomic E-state index is 0.180. The van der Waals surface area contributed by atoms with Crippen LogP contribution in [-0.2, 0) is 5.41 Å². The van der Waals surface area contributed by atoms with Gasteiger partial charge in [-0.3, -0.25) is 0 Å².